The lowest BCUT2D eigenvalue weighted by Gasteiger charge is -2.20. The molecule has 3 aromatic rings. The smallest absolute Gasteiger partial charge is 0.231 e. The molecule has 1 atom stereocenters. The molecule has 1 amide bonds. The van der Waals surface area contributed by atoms with E-state index in [2.05, 4.69) is 5.32 Å². The summed E-state index contributed by atoms with van der Waals surface area (Å²) in [6, 6.07) is 17.6. The van der Waals surface area contributed by atoms with Crippen LogP contribution in [0.5, 0.6) is 28.7 Å². The molecule has 7 nitrogen and oxygen atoms in total. The first-order valence-electron chi connectivity index (χ1n) is 10.3. The average Bonchev–Trinajstić information content (AvgIpc) is 3.26. The molecule has 0 saturated carbocycles. The standard InChI is InChI=1S/C25H25NO6/c1-30-19-8-4-17(5-9-19)20(21-12-23-24(14-22(21)28)32-15-31-23)13-25(29)26-11-10-16-2-6-18(27)7-3-16/h2-9,12,14,20,27-28H,10-11,13,15H2,1H3,(H,26,29). The zero-order valence-corrected chi connectivity index (χ0v) is 17.7. The maximum absolute atomic E-state index is 12.8. The van der Waals surface area contributed by atoms with Crippen LogP contribution in [0.3, 0.4) is 0 Å². The first kappa shape index (κ1) is 21.4. The van der Waals surface area contributed by atoms with Crippen LogP contribution >= 0.6 is 0 Å². The number of ether oxygens (including phenoxy) is 3. The molecule has 0 bridgehead atoms. The molecule has 1 unspecified atom stereocenters. The number of nitrogens with one attached hydrogen (secondary N) is 1. The number of hydrogen-bond donors (Lipinski definition) is 3. The first-order valence-corrected chi connectivity index (χ1v) is 10.3. The fourth-order valence-electron chi connectivity index (χ4n) is 3.74. The van der Waals surface area contributed by atoms with Crippen molar-refractivity contribution in [3.63, 3.8) is 0 Å². The van der Waals surface area contributed by atoms with Crippen molar-refractivity contribution in [2.24, 2.45) is 0 Å². The van der Waals surface area contributed by atoms with Crippen molar-refractivity contribution in [2.75, 3.05) is 20.4 Å². The Morgan fingerprint density at radius 3 is 2.41 bits per heavy atom. The zero-order valence-electron chi connectivity index (χ0n) is 17.7. The maximum atomic E-state index is 12.8. The van der Waals surface area contributed by atoms with E-state index in [1.54, 1.807) is 25.3 Å². The van der Waals surface area contributed by atoms with Crippen LogP contribution in [0.25, 0.3) is 0 Å². The van der Waals surface area contributed by atoms with E-state index in [0.29, 0.717) is 35.8 Å². The van der Waals surface area contributed by atoms with Crippen molar-refractivity contribution < 1.29 is 29.2 Å². The fourth-order valence-corrected chi connectivity index (χ4v) is 3.74. The van der Waals surface area contributed by atoms with Gasteiger partial charge in [0.15, 0.2) is 11.5 Å². The highest BCUT2D eigenvalue weighted by Gasteiger charge is 2.25. The molecule has 7 heteroatoms. The number of carbonyl (C=O) groups excluding carboxylic acids is 1. The highest BCUT2D eigenvalue weighted by Crippen LogP contribution is 2.43. The van der Waals surface area contributed by atoms with E-state index in [9.17, 15) is 15.0 Å². The van der Waals surface area contributed by atoms with E-state index in [1.165, 1.54) is 6.07 Å². The Bertz CT molecular complexity index is 1080. The van der Waals surface area contributed by atoms with Crippen LogP contribution in [0.2, 0.25) is 0 Å². The molecule has 32 heavy (non-hydrogen) atoms. The minimum absolute atomic E-state index is 0.0481. The number of fused-ring (bicyclic) bond motifs is 1. The van der Waals surface area contributed by atoms with Gasteiger partial charge in [0.1, 0.15) is 17.2 Å². The summed E-state index contributed by atoms with van der Waals surface area (Å²) in [7, 11) is 1.59. The van der Waals surface area contributed by atoms with Crippen molar-refractivity contribution >= 4 is 5.91 Å². The summed E-state index contributed by atoms with van der Waals surface area (Å²) in [5, 5.41) is 23.0. The van der Waals surface area contributed by atoms with Gasteiger partial charge in [0.25, 0.3) is 0 Å². The number of phenols is 2. The van der Waals surface area contributed by atoms with Crippen molar-refractivity contribution in [1.82, 2.24) is 5.32 Å². The van der Waals surface area contributed by atoms with E-state index in [0.717, 1.165) is 11.1 Å². The molecule has 1 aliphatic rings. The van der Waals surface area contributed by atoms with Crippen molar-refractivity contribution in [3.8, 4) is 28.7 Å². The molecule has 0 radical (unpaired) electrons. The maximum Gasteiger partial charge on any atom is 0.231 e. The Kier molecular flexibility index (Phi) is 6.35. The molecule has 0 saturated heterocycles. The minimum Gasteiger partial charge on any atom is -0.508 e. The van der Waals surface area contributed by atoms with Crippen LogP contribution in [0.15, 0.2) is 60.7 Å². The number of phenolic OH excluding ortho intramolecular Hbond substituents is 2. The molecule has 1 heterocycles. The van der Waals surface area contributed by atoms with E-state index in [4.69, 9.17) is 14.2 Å². The molecule has 1 aliphatic heterocycles. The molecule has 3 aromatic carbocycles. The number of hydrogen-bond acceptors (Lipinski definition) is 6. The number of benzene rings is 3. The van der Waals surface area contributed by atoms with Gasteiger partial charge in [0.2, 0.25) is 12.7 Å². The van der Waals surface area contributed by atoms with Crippen LogP contribution < -0.4 is 19.5 Å². The quantitative estimate of drug-likeness (QED) is 0.499. The van der Waals surface area contributed by atoms with E-state index >= 15 is 0 Å². The van der Waals surface area contributed by atoms with E-state index < -0.39 is 0 Å². The lowest BCUT2D eigenvalue weighted by molar-refractivity contribution is -0.121. The summed E-state index contributed by atoms with van der Waals surface area (Å²) in [4.78, 5) is 12.8. The lowest BCUT2D eigenvalue weighted by atomic mass is 9.87. The summed E-state index contributed by atoms with van der Waals surface area (Å²) in [6.07, 6.45) is 0.795. The van der Waals surface area contributed by atoms with Gasteiger partial charge < -0.3 is 29.7 Å². The second-order valence-electron chi connectivity index (χ2n) is 7.56. The summed E-state index contributed by atoms with van der Waals surface area (Å²) in [5.74, 6) is 1.48. The number of carbonyl (C=O) groups is 1. The third-order valence-electron chi connectivity index (χ3n) is 5.48. The van der Waals surface area contributed by atoms with Gasteiger partial charge >= 0.3 is 0 Å². The van der Waals surface area contributed by atoms with Gasteiger partial charge in [-0.2, -0.15) is 0 Å². The predicted molar refractivity (Wildman–Crippen MR) is 119 cm³/mol. The number of amides is 1. The highest BCUT2D eigenvalue weighted by atomic mass is 16.7. The predicted octanol–water partition coefficient (Wildman–Crippen LogP) is 3.72. The van der Waals surface area contributed by atoms with Crippen LogP contribution in [-0.4, -0.2) is 36.6 Å². The Morgan fingerprint density at radius 2 is 1.72 bits per heavy atom. The summed E-state index contributed by atoms with van der Waals surface area (Å²) in [5.41, 5.74) is 2.48. The molecule has 0 aromatic heterocycles. The van der Waals surface area contributed by atoms with Gasteiger partial charge in [0.05, 0.1) is 7.11 Å². The van der Waals surface area contributed by atoms with Crippen LogP contribution in [-0.2, 0) is 11.2 Å². The number of methoxy groups -OCH3 is 1. The molecule has 0 fully saturated rings. The molecule has 0 aliphatic carbocycles. The summed E-state index contributed by atoms with van der Waals surface area (Å²) < 4.78 is 16.1. The Morgan fingerprint density at radius 1 is 1.03 bits per heavy atom. The van der Waals surface area contributed by atoms with Gasteiger partial charge in [-0.15, -0.1) is 0 Å². The lowest BCUT2D eigenvalue weighted by Crippen LogP contribution is -2.27. The Hall–Kier alpha value is -3.87. The zero-order chi connectivity index (χ0) is 22.5. The fraction of sp³-hybridized carbons (Fsp3) is 0.240. The van der Waals surface area contributed by atoms with Crippen molar-refractivity contribution in [3.05, 3.63) is 77.4 Å². The molecule has 3 N–H and O–H groups in total. The van der Waals surface area contributed by atoms with Crippen LogP contribution in [0, 0.1) is 0 Å². The molecule has 166 valence electrons. The Balaban J connectivity index is 1.51. The van der Waals surface area contributed by atoms with E-state index in [1.807, 2.05) is 36.4 Å². The summed E-state index contributed by atoms with van der Waals surface area (Å²) in [6.45, 7) is 0.565. The number of aromatic hydroxyl groups is 2. The SMILES string of the molecule is COc1ccc(C(CC(=O)NCCc2ccc(O)cc2)c2cc3c(cc2O)OCO3)cc1. The van der Waals surface area contributed by atoms with Gasteiger partial charge in [-0.1, -0.05) is 24.3 Å². The summed E-state index contributed by atoms with van der Waals surface area (Å²) >= 11 is 0. The van der Waals surface area contributed by atoms with Crippen LogP contribution in [0.1, 0.15) is 29.0 Å². The first-order chi connectivity index (χ1) is 15.5. The van der Waals surface area contributed by atoms with E-state index in [-0.39, 0.29) is 36.5 Å². The van der Waals surface area contributed by atoms with Gasteiger partial charge in [0, 0.05) is 30.5 Å². The topological polar surface area (TPSA) is 97.3 Å². The monoisotopic (exact) mass is 435 g/mol. The van der Waals surface area contributed by atoms with Gasteiger partial charge in [-0.3, -0.25) is 4.79 Å². The molecular weight excluding hydrogens is 410 g/mol. The Labute approximate surface area is 186 Å². The highest BCUT2D eigenvalue weighted by molar-refractivity contribution is 5.78. The normalized spacial score (nSPS) is 12.9. The average molecular weight is 435 g/mol. The second-order valence-corrected chi connectivity index (χ2v) is 7.56. The molecular formula is C25H25NO6. The largest absolute Gasteiger partial charge is 0.508 e. The molecule has 0 spiro atoms. The third-order valence-corrected chi connectivity index (χ3v) is 5.48. The second kappa shape index (κ2) is 9.51. The van der Waals surface area contributed by atoms with Crippen molar-refractivity contribution in [1.29, 1.82) is 0 Å². The van der Waals surface area contributed by atoms with Crippen LogP contribution in [0.4, 0.5) is 0 Å². The van der Waals surface area contributed by atoms with Gasteiger partial charge in [-0.05, 0) is 47.9 Å². The van der Waals surface area contributed by atoms with Gasteiger partial charge in [-0.25, -0.2) is 0 Å². The third kappa shape index (κ3) is 4.88. The number of rotatable bonds is 8. The molecule has 4 rings (SSSR count). The van der Waals surface area contributed by atoms with Crippen molar-refractivity contribution in [2.45, 2.75) is 18.8 Å². The minimum atomic E-state index is -0.385.